The predicted octanol–water partition coefficient (Wildman–Crippen LogP) is 3.69. The van der Waals surface area contributed by atoms with Gasteiger partial charge in [-0.3, -0.25) is 4.79 Å². The Hall–Kier alpha value is -2.34. The quantitative estimate of drug-likeness (QED) is 0.656. The average Bonchev–Trinajstić information content (AvgIpc) is 2.65. The van der Waals surface area contributed by atoms with Crippen LogP contribution in [0.4, 0.5) is 0 Å². The minimum atomic E-state index is -3.52. The molecule has 5 nitrogen and oxygen atoms in total. The Labute approximate surface area is 161 Å². The Balaban J connectivity index is 1.97. The van der Waals surface area contributed by atoms with E-state index in [0.717, 1.165) is 5.56 Å². The lowest BCUT2D eigenvalue weighted by molar-refractivity contribution is -0.131. The van der Waals surface area contributed by atoms with Gasteiger partial charge in [0, 0.05) is 19.5 Å². The van der Waals surface area contributed by atoms with Gasteiger partial charge >= 0.3 is 0 Å². The van der Waals surface area contributed by atoms with Gasteiger partial charge in [-0.25, -0.2) is 8.42 Å². The van der Waals surface area contributed by atoms with Crippen LogP contribution < -0.4 is 4.74 Å². The van der Waals surface area contributed by atoms with E-state index in [4.69, 9.17) is 4.74 Å². The van der Waals surface area contributed by atoms with Crippen LogP contribution in [0.2, 0.25) is 0 Å². The van der Waals surface area contributed by atoms with Gasteiger partial charge in [-0.05, 0) is 50.6 Å². The van der Waals surface area contributed by atoms with Gasteiger partial charge in [-0.1, -0.05) is 30.3 Å². The molecule has 0 spiro atoms. The van der Waals surface area contributed by atoms with E-state index in [1.54, 1.807) is 17.0 Å². The van der Waals surface area contributed by atoms with Gasteiger partial charge < -0.3 is 9.64 Å². The highest BCUT2D eigenvalue weighted by molar-refractivity contribution is 7.91. The number of hydrogen-bond donors (Lipinski definition) is 0. The molecule has 0 fully saturated rings. The summed E-state index contributed by atoms with van der Waals surface area (Å²) in [6, 6.07) is 16.0. The smallest absolute Gasteiger partial charge is 0.223 e. The SMILES string of the molecule is CCN(Cc1ccccc1)C(=O)CCS(=O)(=O)c1ccc(OC(C)C)cc1. The molecule has 0 aliphatic carbocycles. The van der Waals surface area contributed by atoms with Crippen LogP contribution in [0.5, 0.6) is 5.75 Å². The van der Waals surface area contributed by atoms with E-state index in [1.807, 2.05) is 51.1 Å². The van der Waals surface area contributed by atoms with Gasteiger partial charge in [-0.2, -0.15) is 0 Å². The van der Waals surface area contributed by atoms with Crippen LogP contribution in [-0.4, -0.2) is 37.6 Å². The zero-order valence-corrected chi connectivity index (χ0v) is 16.9. The zero-order chi connectivity index (χ0) is 19.9. The number of carbonyl (C=O) groups excluding carboxylic acids is 1. The molecule has 0 atom stereocenters. The highest BCUT2D eigenvalue weighted by atomic mass is 32.2. The van der Waals surface area contributed by atoms with Crippen molar-refractivity contribution in [1.82, 2.24) is 4.90 Å². The summed E-state index contributed by atoms with van der Waals surface area (Å²) in [5.41, 5.74) is 1.02. The number of amides is 1. The third kappa shape index (κ3) is 6.40. The van der Waals surface area contributed by atoms with Crippen LogP contribution in [0.3, 0.4) is 0 Å². The Morgan fingerprint density at radius 1 is 1.04 bits per heavy atom. The molecule has 0 radical (unpaired) electrons. The van der Waals surface area contributed by atoms with Crippen molar-refractivity contribution >= 4 is 15.7 Å². The standard InChI is InChI=1S/C21H27NO4S/c1-4-22(16-18-8-6-5-7-9-18)21(23)14-15-27(24,25)20-12-10-19(11-13-20)26-17(2)3/h5-13,17H,4,14-16H2,1-3H3. The fourth-order valence-electron chi connectivity index (χ4n) is 2.68. The molecule has 6 heteroatoms. The molecule has 0 aliphatic rings. The van der Waals surface area contributed by atoms with E-state index in [0.29, 0.717) is 18.8 Å². The number of carbonyl (C=O) groups is 1. The highest BCUT2D eigenvalue weighted by Crippen LogP contribution is 2.19. The zero-order valence-electron chi connectivity index (χ0n) is 16.1. The van der Waals surface area contributed by atoms with Gasteiger partial charge in [0.1, 0.15) is 5.75 Å². The molecule has 27 heavy (non-hydrogen) atoms. The Morgan fingerprint density at radius 2 is 1.67 bits per heavy atom. The normalized spacial score (nSPS) is 11.4. The van der Waals surface area contributed by atoms with Crippen molar-refractivity contribution < 1.29 is 17.9 Å². The summed E-state index contributed by atoms with van der Waals surface area (Å²) in [6.45, 7) is 6.73. The highest BCUT2D eigenvalue weighted by Gasteiger charge is 2.19. The average molecular weight is 390 g/mol. The molecule has 0 saturated carbocycles. The van der Waals surface area contributed by atoms with E-state index in [2.05, 4.69) is 0 Å². The number of sulfone groups is 1. The van der Waals surface area contributed by atoms with Gasteiger partial charge in [0.05, 0.1) is 16.8 Å². The Kier molecular flexibility index (Phi) is 7.42. The Morgan fingerprint density at radius 3 is 2.22 bits per heavy atom. The van der Waals surface area contributed by atoms with E-state index < -0.39 is 9.84 Å². The summed E-state index contributed by atoms with van der Waals surface area (Å²) in [5, 5.41) is 0. The monoisotopic (exact) mass is 389 g/mol. The minimum absolute atomic E-state index is 0.0229. The number of benzene rings is 2. The number of ether oxygens (including phenoxy) is 1. The predicted molar refractivity (Wildman–Crippen MR) is 106 cm³/mol. The van der Waals surface area contributed by atoms with Crippen molar-refractivity contribution in [2.75, 3.05) is 12.3 Å². The summed E-state index contributed by atoms with van der Waals surface area (Å²) < 4.78 is 30.6. The Bertz CT molecular complexity index is 830. The summed E-state index contributed by atoms with van der Waals surface area (Å²) in [7, 11) is -3.52. The van der Waals surface area contributed by atoms with Crippen molar-refractivity contribution in [2.24, 2.45) is 0 Å². The topological polar surface area (TPSA) is 63.7 Å². The largest absolute Gasteiger partial charge is 0.491 e. The molecular weight excluding hydrogens is 362 g/mol. The van der Waals surface area contributed by atoms with Crippen LogP contribution in [-0.2, 0) is 21.2 Å². The van der Waals surface area contributed by atoms with Crippen molar-refractivity contribution in [1.29, 1.82) is 0 Å². The number of rotatable bonds is 9. The second-order valence-corrected chi connectivity index (χ2v) is 8.71. The molecule has 0 bridgehead atoms. The van der Waals surface area contributed by atoms with E-state index in [9.17, 15) is 13.2 Å². The first kappa shape index (κ1) is 21.0. The number of hydrogen-bond acceptors (Lipinski definition) is 4. The molecule has 2 aromatic carbocycles. The van der Waals surface area contributed by atoms with E-state index >= 15 is 0 Å². The number of nitrogens with zero attached hydrogens (tertiary/aromatic N) is 1. The van der Waals surface area contributed by atoms with E-state index in [-0.39, 0.29) is 29.1 Å². The van der Waals surface area contributed by atoms with Crippen molar-refractivity contribution in [3.05, 3.63) is 60.2 Å². The maximum atomic E-state index is 12.5. The fourth-order valence-corrected chi connectivity index (χ4v) is 3.91. The fraction of sp³-hybridized carbons (Fsp3) is 0.381. The third-order valence-corrected chi connectivity index (χ3v) is 5.82. The first-order valence-corrected chi connectivity index (χ1v) is 10.8. The van der Waals surface area contributed by atoms with Crippen LogP contribution in [0.25, 0.3) is 0 Å². The van der Waals surface area contributed by atoms with Crippen molar-refractivity contribution in [3.8, 4) is 5.75 Å². The van der Waals surface area contributed by atoms with Crippen molar-refractivity contribution in [2.45, 2.75) is 44.7 Å². The van der Waals surface area contributed by atoms with Gasteiger partial charge in [-0.15, -0.1) is 0 Å². The lowest BCUT2D eigenvalue weighted by atomic mass is 10.2. The van der Waals surface area contributed by atoms with Gasteiger partial charge in [0.25, 0.3) is 0 Å². The van der Waals surface area contributed by atoms with Crippen molar-refractivity contribution in [3.63, 3.8) is 0 Å². The first-order chi connectivity index (χ1) is 12.8. The second-order valence-electron chi connectivity index (χ2n) is 6.60. The molecule has 0 aliphatic heterocycles. The molecule has 0 N–H and O–H groups in total. The summed E-state index contributed by atoms with van der Waals surface area (Å²) in [4.78, 5) is 14.4. The molecule has 146 valence electrons. The lowest BCUT2D eigenvalue weighted by Gasteiger charge is -2.21. The maximum Gasteiger partial charge on any atom is 0.223 e. The maximum absolute atomic E-state index is 12.5. The molecule has 0 aromatic heterocycles. The van der Waals surface area contributed by atoms with Crippen LogP contribution in [0, 0.1) is 0 Å². The molecule has 0 unspecified atom stereocenters. The summed E-state index contributed by atoms with van der Waals surface area (Å²) in [6.07, 6.45) is -0.0116. The van der Waals surface area contributed by atoms with Crippen LogP contribution in [0.1, 0.15) is 32.8 Å². The van der Waals surface area contributed by atoms with Gasteiger partial charge in [0.2, 0.25) is 5.91 Å². The summed E-state index contributed by atoms with van der Waals surface area (Å²) in [5.74, 6) is 0.256. The molecule has 1 amide bonds. The lowest BCUT2D eigenvalue weighted by Crippen LogP contribution is -2.31. The molecule has 2 rings (SSSR count). The van der Waals surface area contributed by atoms with Crippen LogP contribution >= 0.6 is 0 Å². The molecule has 0 saturated heterocycles. The molecule has 0 heterocycles. The summed E-state index contributed by atoms with van der Waals surface area (Å²) >= 11 is 0. The molecule has 2 aromatic rings. The first-order valence-electron chi connectivity index (χ1n) is 9.13. The minimum Gasteiger partial charge on any atom is -0.491 e. The van der Waals surface area contributed by atoms with Crippen LogP contribution in [0.15, 0.2) is 59.5 Å². The molecular formula is C21H27NO4S. The van der Waals surface area contributed by atoms with Gasteiger partial charge in [0.15, 0.2) is 9.84 Å². The second kappa shape index (κ2) is 9.55. The third-order valence-electron chi connectivity index (χ3n) is 4.09. The van der Waals surface area contributed by atoms with E-state index in [1.165, 1.54) is 12.1 Å².